The van der Waals surface area contributed by atoms with Crippen molar-refractivity contribution in [1.82, 2.24) is 5.32 Å². The number of urea groups is 1. The van der Waals surface area contributed by atoms with Crippen LogP contribution in [0.2, 0.25) is 5.02 Å². The van der Waals surface area contributed by atoms with Crippen molar-refractivity contribution in [3.05, 3.63) is 59.6 Å². The van der Waals surface area contributed by atoms with Crippen molar-refractivity contribution in [2.75, 3.05) is 23.3 Å². The molecule has 0 atom stereocenters. The van der Waals surface area contributed by atoms with Crippen LogP contribution in [-0.2, 0) is 4.79 Å². The van der Waals surface area contributed by atoms with E-state index in [0.717, 1.165) is 0 Å². The van der Waals surface area contributed by atoms with E-state index in [1.165, 1.54) is 11.8 Å². The third kappa shape index (κ3) is 5.00. The van der Waals surface area contributed by atoms with Crippen molar-refractivity contribution in [3.63, 3.8) is 0 Å². The van der Waals surface area contributed by atoms with Gasteiger partial charge >= 0.3 is 6.03 Å². The van der Waals surface area contributed by atoms with E-state index in [9.17, 15) is 9.59 Å². The van der Waals surface area contributed by atoms with Crippen LogP contribution in [0.1, 0.15) is 6.92 Å². The first-order chi connectivity index (χ1) is 11.1. The van der Waals surface area contributed by atoms with Crippen LogP contribution in [0.25, 0.3) is 0 Å². The minimum atomic E-state index is -0.320. The number of anilines is 2. The van der Waals surface area contributed by atoms with Crippen LogP contribution in [0.15, 0.2) is 54.6 Å². The number of carbonyl (C=O) groups excluding carboxylic acids is 2. The molecule has 2 N–H and O–H groups in total. The summed E-state index contributed by atoms with van der Waals surface area (Å²) in [7, 11) is 0. The van der Waals surface area contributed by atoms with E-state index < -0.39 is 0 Å². The summed E-state index contributed by atoms with van der Waals surface area (Å²) >= 11 is 6.12. The van der Waals surface area contributed by atoms with Crippen LogP contribution >= 0.6 is 11.6 Å². The molecule has 3 amide bonds. The van der Waals surface area contributed by atoms with Gasteiger partial charge in [-0.25, -0.2) is 4.79 Å². The van der Waals surface area contributed by atoms with Crippen LogP contribution < -0.4 is 15.5 Å². The number of rotatable bonds is 5. The lowest BCUT2D eigenvalue weighted by Crippen LogP contribution is -2.39. The number of benzene rings is 2. The van der Waals surface area contributed by atoms with Crippen molar-refractivity contribution >= 4 is 34.9 Å². The maximum atomic E-state index is 11.8. The van der Waals surface area contributed by atoms with Gasteiger partial charge in [0.25, 0.3) is 0 Å². The fourth-order valence-corrected chi connectivity index (χ4v) is 2.33. The second-order valence-electron chi connectivity index (χ2n) is 4.87. The molecule has 0 unspecified atom stereocenters. The molecule has 0 saturated heterocycles. The third-order valence-electron chi connectivity index (χ3n) is 3.18. The lowest BCUT2D eigenvalue weighted by Gasteiger charge is -2.22. The molecular weight excluding hydrogens is 314 g/mol. The average Bonchev–Trinajstić information content (AvgIpc) is 2.53. The minimum absolute atomic E-state index is 0.136. The smallest absolute Gasteiger partial charge is 0.319 e. The Bertz CT molecular complexity index is 677. The molecule has 2 aromatic carbocycles. The van der Waals surface area contributed by atoms with E-state index in [0.29, 0.717) is 29.5 Å². The molecule has 0 spiro atoms. The van der Waals surface area contributed by atoms with Crippen molar-refractivity contribution < 1.29 is 9.59 Å². The van der Waals surface area contributed by atoms with Crippen LogP contribution in [0.5, 0.6) is 0 Å². The Kier molecular flexibility index (Phi) is 6.00. The quantitative estimate of drug-likeness (QED) is 0.880. The Morgan fingerprint density at radius 2 is 1.70 bits per heavy atom. The lowest BCUT2D eigenvalue weighted by atomic mass is 10.3. The molecule has 120 valence electrons. The first-order valence-electron chi connectivity index (χ1n) is 7.20. The zero-order valence-electron chi connectivity index (χ0n) is 12.8. The molecule has 5 nitrogen and oxygen atoms in total. The number of hydrogen-bond acceptors (Lipinski definition) is 2. The van der Waals surface area contributed by atoms with E-state index in [2.05, 4.69) is 10.6 Å². The molecule has 0 saturated carbocycles. The number of amides is 3. The van der Waals surface area contributed by atoms with Crippen LogP contribution in [0, 0.1) is 0 Å². The highest BCUT2D eigenvalue weighted by molar-refractivity contribution is 6.33. The summed E-state index contributed by atoms with van der Waals surface area (Å²) in [6, 6.07) is 15.9. The summed E-state index contributed by atoms with van der Waals surface area (Å²) in [5, 5.41) is 5.93. The predicted octanol–water partition coefficient (Wildman–Crippen LogP) is 3.51. The van der Waals surface area contributed by atoms with Crippen molar-refractivity contribution in [2.45, 2.75) is 6.92 Å². The summed E-state index contributed by atoms with van der Waals surface area (Å²) in [5.74, 6) is -0.136. The summed E-state index contributed by atoms with van der Waals surface area (Å²) in [6.07, 6.45) is 0. The van der Waals surface area contributed by atoms with Gasteiger partial charge in [-0.15, -0.1) is 0 Å². The standard InChI is InChI=1S/C17H18ClN3O2/c1-13(22)21(16-10-6-5-9-15(16)18)12-11-19-17(23)20-14-7-3-2-4-8-14/h2-10H,11-12H2,1H3,(H2,19,20,23). The zero-order chi connectivity index (χ0) is 16.7. The van der Waals surface area contributed by atoms with E-state index in [1.54, 1.807) is 30.3 Å². The second-order valence-corrected chi connectivity index (χ2v) is 5.28. The first kappa shape index (κ1) is 16.8. The van der Waals surface area contributed by atoms with Crippen LogP contribution in [0.3, 0.4) is 0 Å². The Morgan fingerprint density at radius 3 is 2.35 bits per heavy atom. The first-order valence-corrected chi connectivity index (χ1v) is 7.58. The van der Waals surface area contributed by atoms with E-state index in [4.69, 9.17) is 11.6 Å². The molecule has 0 bridgehead atoms. The van der Waals surface area contributed by atoms with Gasteiger partial charge in [0.2, 0.25) is 5.91 Å². The highest BCUT2D eigenvalue weighted by Crippen LogP contribution is 2.24. The maximum absolute atomic E-state index is 11.8. The lowest BCUT2D eigenvalue weighted by molar-refractivity contribution is -0.116. The van der Waals surface area contributed by atoms with Gasteiger partial charge in [0.15, 0.2) is 0 Å². The Hall–Kier alpha value is -2.53. The highest BCUT2D eigenvalue weighted by Gasteiger charge is 2.14. The molecule has 2 rings (SSSR count). The van der Waals surface area contributed by atoms with Gasteiger partial charge in [-0.05, 0) is 24.3 Å². The van der Waals surface area contributed by atoms with Gasteiger partial charge in [-0.3, -0.25) is 4.79 Å². The van der Waals surface area contributed by atoms with Gasteiger partial charge < -0.3 is 15.5 Å². The fourth-order valence-electron chi connectivity index (χ4n) is 2.10. The van der Waals surface area contributed by atoms with Crippen LogP contribution in [0.4, 0.5) is 16.2 Å². The molecule has 0 aliphatic carbocycles. The summed E-state index contributed by atoms with van der Waals surface area (Å²) in [5.41, 5.74) is 1.34. The molecule has 0 fully saturated rings. The number of carbonyl (C=O) groups is 2. The Balaban J connectivity index is 1.89. The van der Waals surface area contributed by atoms with Gasteiger partial charge in [0.05, 0.1) is 10.7 Å². The molecule has 6 heteroatoms. The zero-order valence-corrected chi connectivity index (χ0v) is 13.5. The fraction of sp³-hybridized carbons (Fsp3) is 0.176. The van der Waals surface area contributed by atoms with E-state index in [1.807, 2.05) is 24.3 Å². The number of nitrogens with zero attached hydrogens (tertiary/aromatic N) is 1. The molecule has 23 heavy (non-hydrogen) atoms. The summed E-state index contributed by atoms with van der Waals surface area (Å²) in [4.78, 5) is 25.2. The second kappa shape index (κ2) is 8.19. The van der Waals surface area contributed by atoms with Gasteiger partial charge in [-0.2, -0.15) is 0 Å². The normalized spacial score (nSPS) is 10.0. The number of hydrogen-bond donors (Lipinski definition) is 2. The van der Waals surface area contributed by atoms with Crippen molar-refractivity contribution in [1.29, 1.82) is 0 Å². The predicted molar refractivity (Wildman–Crippen MR) is 92.9 cm³/mol. The van der Waals surface area contributed by atoms with Crippen molar-refractivity contribution in [2.24, 2.45) is 0 Å². The average molecular weight is 332 g/mol. The summed E-state index contributed by atoms with van der Waals surface area (Å²) in [6.45, 7) is 2.11. The Labute approximate surface area is 140 Å². The Morgan fingerprint density at radius 1 is 1.04 bits per heavy atom. The minimum Gasteiger partial charge on any atom is -0.336 e. The molecule has 0 radical (unpaired) electrons. The molecule has 0 aromatic heterocycles. The van der Waals surface area contributed by atoms with Gasteiger partial charge in [0.1, 0.15) is 0 Å². The molecule has 0 aliphatic heterocycles. The SMILES string of the molecule is CC(=O)N(CCNC(=O)Nc1ccccc1)c1ccccc1Cl. The maximum Gasteiger partial charge on any atom is 0.319 e. The highest BCUT2D eigenvalue weighted by atomic mass is 35.5. The number of halogens is 1. The number of nitrogens with one attached hydrogen (secondary N) is 2. The molecule has 0 aliphatic rings. The van der Waals surface area contributed by atoms with E-state index >= 15 is 0 Å². The number of para-hydroxylation sites is 2. The topological polar surface area (TPSA) is 61.4 Å². The third-order valence-corrected chi connectivity index (χ3v) is 3.50. The van der Waals surface area contributed by atoms with Crippen LogP contribution in [-0.4, -0.2) is 25.0 Å². The van der Waals surface area contributed by atoms with Crippen molar-refractivity contribution in [3.8, 4) is 0 Å². The van der Waals surface area contributed by atoms with Gasteiger partial charge in [-0.1, -0.05) is 41.9 Å². The molecule has 2 aromatic rings. The van der Waals surface area contributed by atoms with Gasteiger partial charge in [0, 0.05) is 25.7 Å². The largest absolute Gasteiger partial charge is 0.336 e. The molecular formula is C17H18ClN3O2. The summed E-state index contributed by atoms with van der Waals surface area (Å²) < 4.78 is 0. The monoisotopic (exact) mass is 331 g/mol. The van der Waals surface area contributed by atoms with E-state index in [-0.39, 0.29) is 11.9 Å². The molecule has 0 heterocycles.